The van der Waals surface area contributed by atoms with Crippen molar-refractivity contribution in [2.75, 3.05) is 67.2 Å². The molecule has 1 heterocycles. The van der Waals surface area contributed by atoms with Crippen LogP contribution in [0, 0.1) is 0 Å². The number of carbonyl (C=O) groups excluding carboxylic acids is 1. The van der Waals surface area contributed by atoms with Gasteiger partial charge in [0.05, 0.1) is 34.4 Å². The third-order valence-electron chi connectivity index (χ3n) is 7.02. The highest BCUT2D eigenvalue weighted by Crippen LogP contribution is 2.43. The number of phosphoric ester groups is 1. The predicted octanol–water partition coefficient (Wildman–Crippen LogP) is 6.93. The van der Waals surface area contributed by atoms with Gasteiger partial charge in [-0.25, -0.2) is 9.36 Å². The number of phosphoric acid groups is 1. The standard InChI is InChI=1S/C29H59N2O7P/c1-5-6-7-8-9-10-11-12-13-14-15-16-17-20-24-35-26-28(38-29(32)30-21-18-19-22-30)27-37-39(33,34)36-25-23-31(2,3)4/h28H,5-27H2,1-4H3/p+1. The summed E-state index contributed by atoms with van der Waals surface area (Å²) in [5, 5.41) is 0. The second kappa shape index (κ2) is 22.0. The van der Waals surface area contributed by atoms with Crippen LogP contribution in [0.4, 0.5) is 4.79 Å². The quantitative estimate of drug-likeness (QED) is 0.0712. The van der Waals surface area contributed by atoms with Crippen molar-refractivity contribution in [3.8, 4) is 0 Å². The van der Waals surface area contributed by atoms with Crippen molar-refractivity contribution in [1.82, 2.24) is 4.90 Å². The van der Waals surface area contributed by atoms with Crippen LogP contribution in [0.2, 0.25) is 0 Å². The van der Waals surface area contributed by atoms with Crippen LogP contribution < -0.4 is 0 Å². The summed E-state index contributed by atoms with van der Waals surface area (Å²) in [6.07, 6.45) is 18.9. The molecule has 1 aliphatic rings. The third kappa shape index (κ3) is 21.7. The van der Waals surface area contributed by atoms with E-state index in [9.17, 15) is 14.3 Å². The summed E-state index contributed by atoms with van der Waals surface area (Å²) in [4.78, 5) is 24.1. The van der Waals surface area contributed by atoms with Crippen LogP contribution in [0.1, 0.15) is 110 Å². The lowest BCUT2D eigenvalue weighted by molar-refractivity contribution is -0.870. The SMILES string of the molecule is CCCCCCCCCCCCCCCCOCC(COP(=O)(O)OCC[N+](C)(C)C)OC(=O)N1CCCC1. The van der Waals surface area contributed by atoms with E-state index in [4.69, 9.17) is 18.5 Å². The molecule has 39 heavy (non-hydrogen) atoms. The van der Waals surface area contributed by atoms with Crippen molar-refractivity contribution in [1.29, 1.82) is 0 Å². The van der Waals surface area contributed by atoms with Crippen LogP contribution >= 0.6 is 7.82 Å². The van der Waals surface area contributed by atoms with Gasteiger partial charge in [0.1, 0.15) is 13.2 Å². The van der Waals surface area contributed by atoms with Gasteiger partial charge in [-0.2, -0.15) is 0 Å². The molecule has 1 rings (SSSR count). The van der Waals surface area contributed by atoms with Gasteiger partial charge in [-0.3, -0.25) is 9.05 Å². The fraction of sp³-hybridized carbons (Fsp3) is 0.966. The van der Waals surface area contributed by atoms with Crippen LogP contribution in [0.5, 0.6) is 0 Å². The van der Waals surface area contributed by atoms with Crippen molar-refractivity contribution in [3.05, 3.63) is 0 Å². The molecule has 1 saturated heterocycles. The number of rotatable bonds is 25. The third-order valence-corrected chi connectivity index (χ3v) is 8.00. The van der Waals surface area contributed by atoms with Gasteiger partial charge in [0.15, 0.2) is 6.10 Å². The zero-order chi connectivity index (χ0) is 28.8. The molecule has 2 atom stereocenters. The summed E-state index contributed by atoms with van der Waals surface area (Å²) in [6, 6.07) is 0. The monoisotopic (exact) mass is 579 g/mol. The smallest absolute Gasteiger partial charge is 0.441 e. The molecule has 1 amide bonds. The van der Waals surface area contributed by atoms with E-state index in [0.29, 0.717) is 30.7 Å². The molecule has 0 aromatic carbocycles. The number of carbonyl (C=O) groups is 1. The molecule has 9 nitrogen and oxygen atoms in total. The van der Waals surface area contributed by atoms with Gasteiger partial charge in [0.25, 0.3) is 0 Å². The molecule has 0 aromatic rings. The summed E-state index contributed by atoms with van der Waals surface area (Å²) in [7, 11) is 1.66. The Balaban J connectivity index is 2.19. The topological polar surface area (TPSA) is 94.5 Å². The molecule has 0 radical (unpaired) electrons. The fourth-order valence-corrected chi connectivity index (χ4v) is 5.23. The zero-order valence-electron chi connectivity index (χ0n) is 25.6. The maximum atomic E-state index is 12.5. The number of hydrogen-bond acceptors (Lipinski definition) is 6. The molecule has 0 saturated carbocycles. The molecular formula is C29H60N2O7P+. The Bertz CT molecular complexity index is 654. The van der Waals surface area contributed by atoms with E-state index in [-0.39, 0.29) is 19.8 Å². The summed E-state index contributed by atoms with van der Waals surface area (Å²) in [5.74, 6) is 0. The Morgan fingerprint density at radius 2 is 1.31 bits per heavy atom. The van der Waals surface area contributed by atoms with E-state index >= 15 is 0 Å². The summed E-state index contributed by atoms with van der Waals surface area (Å²) in [5.41, 5.74) is 0. The first-order valence-corrected chi connectivity index (χ1v) is 17.1. The lowest BCUT2D eigenvalue weighted by atomic mass is 10.0. The fourth-order valence-electron chi connectivity index (χ4n) is 4.49. The zero-order valence-corrected chi connectivity index (χ0v) is 26.5. The van der Waals surface area contributed by atoms with Crippen molar-refractivity contribution >= 4 is 13.9 Å². The number of nitrogens with zero attached hydrogens (tertiary/aromatic N) is 2. The molecule has 232 valence electrons. The second-order valence-corrected chi connectivity index (χ2v) is 13.4. The summed E-state index contributed by atoms with van der Waals surface area (Å²) >= 11 is 0. The maximum Gasteiger partial charge on any atom is 0.472 e. The Morgan fingerprint density at radius 3 is 1.82 bits per heavy atom. The highest BCUT2D eigenvalue weighted by atomic mass is 31.2. The summed E-state index contributed by atoms with van der Waals surface area (Å²) in [6.45, 7) is 4.67. The number of hydrogen-bond donors (Lipinski definition) is 1. The van der Waals surface area contributed by atoms with Gasteiger partial charge in [-0.1, -0.05) is 90.4 Å². The van der Waals surface area contributed by atoms with Gasteiger partial charge in [0, 0.05) is 19.7 Å². The predicted molar refractivity (Wildman–Crippen MR) is 157 cm³/mol. The minimum absolute atomic E-state index is 0.0884. The number of unbranched alkanes of at least 4 members (excludes halogenated alkanes) is 13. The van der Waals surface area contributed by atoms with Crippen molar-refractivity contribution < 1.29 is 37.3 Å². The van der Waals surface area contributed by atoms with Gasteiger partial charge in [0.2, 0.25) is 0 Å². The Labute approximate surface area is 239 Å². The van der Waals surface area contributed by atoms with Crippen molar-refractivity contribution in [3.63, 3.8) is 0 Å². The number of likely N-dealkylation sites (N-methyl/N-ethyl adjacent to an activating group) is 1. The van der Waals surface area contributed by atoms with E-state index in [1.54, 1.807) is 4.90 Å². The van der Waals surface area contributed by atoms with E-state index < -0.39 is 20.0 Å². The molecule has 10 heteroatoms. The first-order valence-electron chi connectivity index (χ1n) is 15.6. The molecule has 1 fully saturated rings. The van der Waals surface area contributed by atoms with Gasteiger partial charge >= 0.3 is 13.9 Å². The molecule has 1 N–H and O–H groups in total. The van der Waals surface area contributed by atoms with Crippen molar-refractivity contribution in [2.45, 2.75) is 116 Å². The highest BCUT2D eigenvalue weighted by Gasteiger charge is 2.28. The van der Waals surface area contributed by atoms with Crippen LogP contribution in [-0.4, -0.2) is 93.7 Å². The Hall–Kier alpha value is -0.700. The average Bonchev–Trinajstić information content (AvgIpc) is 3.41. The van der Waals surface area contributed by atoms with Crippen LogP contribution in [0.25, 0.3) is 0 Å². The summed E-state index contributed by atoms with van der Waals surface area (Å²) < 4.78 is 34.4. The van der Waals surface area contributed by atoms with Gasteiger partial charge in [-0.15, -0.1) is 0 Å². The minimum atomic E-state index is -4.25. The molecule has 2 unspecified atom stereocenters. The number of quaternary nitrogens is 1. The molecule has 0 aromatic heterocycles. The van der Waals surface area contributed by atoms with E-state index in [0.717, 1.165) is 25.7 Å². The lowest BCUT2D eigenvalue weighted by Crippen LogP contribution is -2.37. The number of likely N-dealkylation sites (tertiary alicyclic amines) is 1. The molecule has 0 spiro atoms. The number of ether oxygens (including phenoxy) is 2. The second-order valence-electron chi connectivity index (χ2n) is 12.0. The minimum Gasteiger partial charge on any atom is -0.441 e. The first-order chi connectivity index (χ1) is 18.6. The van der Waals surface area contributed by atoms with Gasteiger partial charge < -0.3 is 23.8 Å². The van der Waals surface area contributed by atoms with Crippen molar-refractivity contribution in [2.24, 2.45) is 0 Å². The van der Waals surface area contributed by atoms with Crippen LogP contribution in [-0.2, 0) is 23.1 Å². The average molecular weight is 580 g/mol. The van der Waals surface area contributed by atoms with Crippen LogP contribution in [0.15, 0.2) is 0 Å². The molecule has 1 aliphatic heterocycles. The van der Waals surface area contributed by atoms with Gasteiger partial charge in [-0.05, 0) is 19.3 Å². The molecule has 0 bridgehead atoms. The maximum absolute atomic E-state index is 12.5. The van der Waals surface area contributed by atoms with E-state index in [1.165, 1.54) is 77.0 Å². The van der Waals surface area contributed by atoms with Crippen LogP contribution in [0.3, 0.4) is 0 Å². The first kappa shape index (κ1) is 36.3. The normalized spacial score (nSPS) is 16.4. The van der Waals surface area contributed by atoms with E-state index in [1.807, 2.05) is 21.1 Å². The highest BCUT2D eigenvalue weighted by molar-refractivity contribution is 7.47. The largest absolute Gasteiger partial charge is 0.472 e. The van der Waals surface area contributed by atoms with E-state index in [2.05, 4.69) is 6.92 Å². The molecule has 0 aliphatic carbocycles. The Morgan fingerprint density at radius 1 is 0.795 bits per heavy atom. The lowest BCUT2D eigenvalue weighted by Gasteiger charge is -2.25. The number of amides is 1. The molecular weight excluding hydrogens is 519 g/mol. The Kier molecular flexibility index (Phi) is 20.5.